The van der Waals surface area contributed by atoms with E-state index >= 15 is 0 Å². The van der Waals surface area contributed by atoms with Crippen molar-refractivity contribution in [2.75, 3.05) is 11.9 Å². The van der Waals surface area contributed by atoms with Gasteiger partial charge in [0.05, 0.1) is 0 Å². The Morgan fingerprint density at radius 3 is 2.88 bits per heavy atom. The molecule has 3 rings (SSSR count). The molecule has 2 N–H and O–H groups in total. The first-order valence-electron chi connectivity index (χ1n) is 8.94. The van der Waals surface area contributed by atoms with Crippen LogP contribution in [0, 0.1) is 6.92 Å². The van der Waals surface area contributed by atoms with Crippen molar-refractivity contribution in [2.24, 2.45) is 0 Å². The highest BCUT2D eigenvalue weighted by Crippen LogP contribution is 2.20. The Hall–Kier alpha value is -2.40. The molecule has 1 aliphatic carbocycles. The van der Waals surface area contributed by atoms with Crippen molar-refractivity contribution in [3.8, 4) is 0 Å². The first kappa shape index (κ1) is 18.4. The van der Waals surface area contributed by atoms with Crippen molar-refractivity contribution in [3.05, 3.63) is 58.5 Å². The van der Waals surface area contributed by atoms with E-state index in [-0.39, 0.29) is 5.91 Å². The van der Waals surface area contributed by atoms with Gasteiger partial charge in [-0.05, 0) is 57.2 Å². The van der Waals surface area contributed by atoms with Crippen LogP contribution in [0.1, 0.15) is 48.4 Å². The molecule has 26 heavy (non-hydrogen) atoms. The largest absolute Gasteiger partial charge is 0.350 e. The Labute approximate surface area is 158 Å². The lowest BCUT2D eigenvalue weighted by atomic mass is 9.97. The number of hydrogen-bond acceptors (Lipinski definition) is 4. The average Bonchev–Trinajstić information content (AvgIpc) is 2.62. The van der Waals surface area contributed by atoms with Crippen LogP contribution in [-0.2, 0) is 0 Å². The number of amides is 1. The first-order valence-corrected chi connectivity index (χ1v) is 9.32. The third-order valence-electron chi connectivity index (χ3n) is 4.28. The molecule has 1 aromatic carbocycles. The summed E-state index contributed by atoms with van der Waals surface area (Å²) < 4.78 is 0. The molecule has 6 heteroatoms. The van der Waals surface area contributed by atoms with E-state index in [9.17, 15) is 4.79 Å². The topological polar surface area (TPSA) is 66.9 Å². The van der Waals surface area contributed by atoms with Crippen molar-refractivity contribution < 1.29 is 4.79 Å². The van der Waals surface area contributed by atoms with Gasteiger partial charge in [-0.1, -0.05) is 29.3 Å². The third kappa shape index (κ3) is 5.30. The second kappa shape index (κ2) is 8.81. The summed E-state index contributed by atoms with van der Waals surface area (Å²) in [6.45, 7) is 2.40. The number of aryl methyl sites for hydroxylation is 1. The zero-order valence-corrected chi connectivity index (χ0v) is 15.6. The summed E-state index contributed by atoms with van der Waals surface area (Å²) in [5.41, 5.74) is 2.62. The van der Waals surface area contributed by atoms with E-state index < -0.39 is 0 Å². The highest BCUT2D eigenvalue weighted by molar-refractivity contribution is 6.30. The van der Waals surface area contributed by atoms with Crippen LogP contribution >= 0.6 is 11.6 Å². The second-order valence-corrected chi connectivity index (χ2v) is 6.87. The molecule has 0 bridgehead atoms. The fourth-order valence-corrected chi connectivity index (χ4v) is 3.21. The minimum atomic E-state index is -0.180. The Balaban J connectivity index is 1.62. The van der Waals surface area contributed by atoms with Gasteiger partial charge in [0.2, 0.25) is 0 Å². The summed E-state index contributed by atoms with van der Waals surface area (Å²) in [4.78, 5) is 21.0. The Kier molecular flexibility index (Phi) is 6.23. The van der Waals surface area contributed by atoms with Gasteiger partial charge in [0.1, 0.15) is 17.3 Å². The van der Waals surface area contributed by atoms with Crippen LogP contribution in [0.4, 0.5) is 11.5 Å². The Bertz CT molecular complexity index is 819. The molecular formula is C20H23ClN4O. The number of anilines is 2. The number of carbonyl (C=O) groups excluding carboxylic acids is 1. The van der Waals surface area contributed by atoms with Gasteiger partial charge in [-0.15, -0.1) is 0 Å². The van der Waals surface area contributed by atoms with E-state index in [4.69, 9.17) is 11.6 Å². The van der Waals surface area contributed by atoms with Gasteiger partial charge in [0.25, 0.3) is 5.91 Å². The molecule has 5 nitrogen and oxygen atoms in total. The molecule has 0 spiro atoms. The third-order valence-corrected chi connectivity index (χ3v) is 4.52. The second-order valence-electron chi connectivity index (χ2n) is 6.44. The van der Waals surface area contributed by atoms with Gasteiger partial charge < -0.3 is 10.6 Å². The van der Waals surface area contributed by atoms with Crippen molar-refractivity contribution >= 4 is 29.0 Å². The number of allylic oxidation sites excluding steroid dienone is 1. The van der Waals surface area contributed by atoms with E-state index in [1.165, 1.54) is 18.4 Å². The maximum absolute atomic E-state index is 12.4. The smallest absolute Gasteiger partial charge is 0.270 e. The van der Waals surface area contributed by atoms with Crippen LogP contribution in [0.3, 0.4) is 0 Å². The molecule has 1 aromatic heterocycles. The number of aromatic nitrogens is 2. The maximum Gasteiger partial charge on any atom is 0.270 e. The molecule has 0 radical (unpaired) electrons. The number of hydrogen-bond donors (Lipinski definition) is 2. The summed E-state index contributed by atoms with van der Waals surface area (Å²) in [5, 5.41) is 6.75. The lowest BCUT2D eigenvalue weighted by Crippen LogP contribution is -2.26. The molecule has 1 amide bonds. The fourth-order valence-electron chi connectivity index (χ4n) is 3.02. The molecule has 0 saturated heterocycles. The van der Waals surface area contributed by atoms with Crippen molar-refractivity contribution in [1.82, 2.24) is 15.3 Å². The van der Waals surface area contributed by atoms with Gasteiger partial charge in [0, 0.05) is 23.3 Å². The SMILES string of the molecule is Cc1nc(Nc2cccc(Cl)c2)cc(C(=O)NCCC2=CCCCC2)n1. The number of halogens is 1. The number of nitrogens with one attached hydrogen (secondary N) is 2. The van der Waals surface area contributed by atoms with E-state index in [0.29, 0.717) is 28.9 Å². The summed E-state index contributed by atoms with van der Waals surface area (Å²) in [5.74, 6) is 0.929. The lowest BCUT2D eigenvalue weighted by molar-refractivity contribution is 0.0948. The first-order chi connectivity index (χ1) is 12.6. The molecule has 0 aliphatic heterocycles. The zero-order chi connectivity index (χ0) is 18.4. The molecule has 0 fully saturated rings. The van der Waals surface area contributed by atoms with Gasteiger partial charge in [-0.2, -0.15) is 0 Å². The zero-order valence-electron chi connectivity index (χ0n) is 14.9. The van der Waals surface area contributed by atoms with Crippen LogP contribution in [0.15, 0.2) is 42.0 Å². The predicted molar refractivity (Wildman–Crippen MR) is 105 cm³/mol. The van der Waals surface area contributed by atoms with E-state index in [1.807, 2.05) is 12.1 Å². The van der Waals surface area contributed by atoms with Crippen molar-refractivity contribution in [2.45, 2.75) is 39.0 Å². The van der Waals surface area contributed by atoms with Crippen molar-refractivity contribution in [3.63, 3.8) is 0 Å². The molecule has 1 heterocycles. The van der Waals surface area contributed by atoms with Gasteiger partial charge >= 0.3 is 0 Å². The van der Waals surface area contributed by atoms with Crippen LogP contribution < -0.4 is 10.6 Å². The maximum atomic E-state index is 12.4. The van der Waals surface area contributed by atoms with E-state index in [0.717, 1.165) is 24.9 Å². The molecular weight excluding hydrogens is 348 g/mol. The van der Waals surface area contributed by atoms with Crippen LogP contribution in [0.25, 0.3) is 0 Å². The average molecular weight is 371 g/mol. The molecule has 2 aromatic rings. The summed E-state index contributed by atoms with van der Waals surface area (Å²) >= 11 is 6.00. The van der Waals surface area contributed by atoms with Gasteiger partial charge in [0.15, 0.2) is 0 Å². The molecule has 0 unspecified atom stereocenters. The monoisotopic (exact) mass is 370 g/mol. The summed E-state index contributed by atoms with van der Waals surface area (Å²) in [6.07, 6.45) is 8.05. The normalized spacial score (nSPS) is 13.8. The standard InChI is InChI=1S/C20H23ClN4O/c1-14-23-18(20(26)22-11-10-15-6-3-2-4-7-15)13-19(24-14)25-17-9-5-8-16(21)12-17/h5-6,8-9,12-13H,2-4,7,10-11H2,1H3,(H,22,26)(H,23,24,25). The minimum Gasteiger partial charge on any atom is -0.350 e. The Morgan fingerprint density at radius 2 is 2.12 bits per heavy atom. The Morgan fingerprint density at radius 1 is 1.23 bits per heavy atom. The van der Waals surface area contributed by atoms with E-state index in [2.05, 4.69) is 26.7 Å². The molecule has 1 aliphatic rings. The predicted octanol–water partition coefficient (Wildman–Crippen LogP) is 4.80. The molecule has 136 valence electrons. The number of rotatable bonds is 6. The minimum absolute atomic E-state index is 0.180. The number of nitrogens with zero attached hydrogens (tertiary/aromatic N) is 2. The van der Waals surface area contributed by atoms with Gasteiger partial charge in [-0.25, -0.2) is 9.97 Å². The molecule has 0 saturated carbocycles. The quantitative estimate of drug-likeness (QED) is 0.716. The van der Waals surface area contributed by atoms with Crippen LogP contribution in [0.2, 0.25) is 5.02 Å². The molecule has 0 atom stereocenters. The van der Waals surface area contributed by atoms with Crippen molar-refractivity contribution in [1.29, 1.82) is 0 Å². The highest BCUT2D eigenvalue weighted by atomic mass is 35.5. The van der Waals surface area contributed by atoms with E-state index in [1.54, 1.807) is 25.1 Å². The highest BCUT2D eigenvalue weighted by Gasteiger charge is 2.11. The number of benzene rings is 1. The van der Waals surface area contributed by atoms with Crippen LogP contribution in [0.5, 0.6) is 0 Å². The number of carbonyl (C=O) groups is 1. The summed E-state index contributed by atoms with van der Waals surface area (Å²) in [7, 11) is 0. The fraction of sp³-hybridized carbons (Fsp3) is 0.350. The van der Waals surface area contributed by atoms with Gasteiger partial charge in [-0.3, -0.25) is 4.79 Å². The lowest BCUT2D eigenvalue weighted by Gasteiger charge is -2.13. The van der Waals surface area contributed by atoms with Crippen LogP contribution in [-0.4, -0.2) is 22.4 Å². The summed E-state index contributed by atoms with van der Waals surface area (Å²) in [6, 6.07) is 9.01.